The molecule has 8 heteroatoms. The lowest BCUT2D eigenvalue weighted by Gasteiger charge is -2.62. The van der Waals surface area contributed by atoms with E-state index in [-0.39, 0.29) is 12.6 Å². The van der Waals surface area contributed by atoms with E-state index in [1.165, 1.54) is 12.6 Å². The van der Waals surface area contributed by atoms with Gasteiger partial charge in [0.25, 0.3) is 11.9 Å². The summed E-state index contributed by atoms with van der Waals surface area (Å²) in [5.74, 6) is 0.746. The van der Waals surface area contributed by atoms with E-state index in [9.17, 15) is 14.0 Å². The maximum absolute atomic E-state index is 14.2. The van der Waals surface area contributed by atoms with Gasteiger partial charge in [0.1, 0.15) is 7.85 Å². The zero-order valence-electron chi connectivity index (χ0n) is 16.1. The SMILES string of the molecule is Bc1c(N[C@@H]2C[C@@H]3C[C@H]([C@H]2C)C3(C)C)cnn(C(F)C(=O)OCC)c1=O. The maximum atomic E-state index is 14.2. The number of alkyl halides is 1. The Morgan fingerprint density at radius 2 is 2.23 bits per heavy atom. The number of carbonyl (C=O) groups excluding carboxylic acids is 1. The minimum Gasteiger partial charge on any atom is -0.462 e. The normalized spacial score (nSPS) is 30.2. The van der Waals surface area contributed by atoms with Crippen LogP contribution in [0.5, 0.6) is 0 Å². The third-order valence-corrected chi connectivity index (χ3v) is 6.63. The molecule has 1 N–H and O–H groups in total. The number of anilines is 1. The van der Waals surface area contributed by atoms with E-state index in [4.69, 9.17) is 0 Å². The van der Waals surface area contributed by atoms with Crippen LogP contribution in [0.4, 0.5) is 10.1 Å². The first-order valence-electron chi connectivity index (χ1n) is 9.34. The number of nitrogens with one attached hydrogen (secondary N) is 1. The van der Waals surface area contributed by atoms with E-state index in [1.54, 1.807) is 14.8 Å². The topological polar surface area (TPSA) is 73.2 Å². The molecule has 1 aromatic heterocycles. The highest BCUT2D eigenvalue weighted by Crippen LogP contribution is 2.61. The fourth-order valence-corrected chi connectivity index (χ4v) is 4.71. The van der Waals surface area contributed by atoms with Gasteiger partial charge in [-0.25, -0.2) is 9.18 Å². The molecule has 3 saturated carbocycles. The Hall–Kier alpha value is -1.86. The summed E-state index contributed by atoms with van der Waals surface area (Å²) in [6.07, 6.45) is 1.54. The third kappa shape index (κ3) is 2.93. The van der Waals surface area contributed by atoms with Gasteiger partial charge in [0.15, 0.2) is 0 Å². The molecule has 1 unspecified atom stereocenters. The van der Waals surface area contributed by atoms with Crippen molar-refractivity contribution in [1.29, 1.82) is 0 Å². The first-order chi connectivity index (χ1) is 12.2. The summed E-state index contributed by atoms with van der Waals surface area (Å²) in [7, 11) is 1.62. The van der Waals surface area contributed by atoms with Crippen LogP contribution in [0.1, 0.15) is 46.8 Å². The van der Waals surface area contributed by atoms with Crippen LogP contribution in [0.15, 0.2) is 11.0 Å². The second-order valence-corrected chi connectivity index (χ2v) is 8.23. The predicted molar refractivity (Wildman–Crippen MR) is 100 cm³/mol. The van der Waals surface area contributed by atoms with Gasteiger partial charge in [-0.05, 0) is 42.9 Å². The van der Waals surface area contributed by atoms with Crippen molar-refractivity contribution in [3.05, 3.63) is 16.6 Å². The van der Waals surface area contributed by atoms with Crippen LogP contribution in [0.2, 0.25) is 0 Å². The van der Waals surface area contributed by atoms with Gasteiger partial charge >= 0.3 is 5.97 Å². The molecule has 0 amide bonds. The molecule has 26 heavy (non-hydrogen) atoms. The molecule has 0 spiro atoms. The van der Waals surface area contributed by atoms with Crippen LogP contribution < -0.4 is 16.3 Å². The number of fused-ring (bicyclic) bond motifs is 2. The van der Waals surface area contributed by atoms with E-state index in [1.807, 2.05) is 0 Å². The first kappa shape index (κ1) is 18.9. The van der Waals surface area contributed by atoms with Crippen LogP contribution in [-0.4, -0.2) is 36.2 Å². The molecule has 0 radical (unpaired) electrons. The summed E-state index contributed by atoms with van der Waals surface area (Å²) in [4.78, 5) is 24.0. The van der Waals surface area contributed by atoms with E-state index in [0.29, 0.717) is 39.0 Å². The van der Waals surface area contributed by atoms with Crippen LogP contribution in [0, 0.1) is 23.2 Å². The van der Waals surface area contributed by atoms with Crippen LogP contribution in [0.3, 0.4) is 0 Å². The molecule has 0 aromatic carbocycles. The molecule has 0 aliphatic heterocycles. The second kappa shape index (κ2) is 6.70. The van der Waals surface area contributed by atoms with Crippen molar-refractivity contribution < 1.29 is 13.9 Å². The Balaban J connectivity index is 1.77. The highest BCUT2D eigenvalue weighted by atomic mass is 19.1. The Morgan fingerprint density at radius 3 is 2.81 bits per heavy atom. The van der Waals surface area contributed by atoms with Crippen molar-refractivity contribution in [3.63, 3.8) is 0 Å². The number of rotatable bonds is 5. The zero-order chi connectivity index (χ0) is 19.2. The summed E-state index contributed by atoms with van der Waals surface area (Å²) < 4.78 is 19.3. The van der Waals surface area contributed by atoms with Gasteiger partial charge in [-0.15, -0.1) is 0 Å². The molecular formula is C18H27BFN3O3. The molecule has 1 heterocycles. The van der Waals surface area contributed by atoms with Crippen molar-refractivity contribution in [2.75, 3.05) is 11.9 Å². The molecular weight excluding hydrogens is 336 g/mol. The van der Waals surface area contributed by atoms with E-state index in [0.717, 1.165) is 6.42 Å². The second-order valence-electron chi connectivity index (χ2n) is 8.23. The van der Waals surface area contributed by atoms with Gasteiger partial charge in [-0.1, -0.05) is 20.8 Å². The van der Waals surface area contributed by atoms with Gasteiger partial charge in [-0.2, -0.15) is 9.78 Å². The summed E-state index contributed by atoms with van der Waals surface area (Å²) in [5, 5.41) is 7.30. The van der Waals surface area contributed by atoms with Crippen molar-refractivity contribution in [1.82, 2.24) is 9.78 Å². The minimum absolute atomic E-state index is 0.0465. The van der Waals surface area contributed by atoms with E-state index >= 15 is 0 Å². The molecule has 4 rings (SSSR count). The zero-order valence-corrected chi connectivity index (χ0v) is 16.1. The molecule has 3 fully saturated rings. The summed E-state index contributed by atoms with van der Waals surface area (Å²) in [5.41, 5.74) is 0.732. The average Bonchev–Trinajstić information content (AvgIpc) is 2.59. The lowest BCUT2D eigenvalue weighted by molar-refractivity contribution is -0.153. The van der Waals surface area contributed by atoms with E-state index in [2.05, 4.69) is 35.9 Å². The molecule has 142 valence electrons. The Bertz CT molecular complexity index is 767. The highest BCUT2D eigenvalue weighted by Gasteiger charge is 2.56. The van der Waals surface area contributed by atoms with Gasteiger partial charge in [0, 0.05) is 11.5 Å². The Kier molecular flexibility index (Phi) is 4.88. The van der Waals surface area contributed by atoms with Crippen molar-refractivity contribution in [2.45, 2.75) is 52.9 Å². The Labute approximate surface area is 153 Å². The summed E-state index contributed by atoms with van der Waals surface area (Å²) >= 11 is 0. The van der Waals surface area contributed by atoms with Crippen molar-refractivity contribution in [2.24, 2.45) is 23.2 Å². The smallest absolute Gasteiger partial charge is 0.363 e. The van der Waals surface area contributed by atoms with Crippen LogP contribution >= 0.6 is 0 Å². The van der Waals surface area contributed by atoms with Gasteiger partial charge < -0.3 is 10.1 Å². The van der Waals surface area contributed by atoms with Gasteiger partial charge in [-0.3, -0.25) is 4.79 Å². The Morgan fingerprint density at radius 1 is 1.54 bits per heavy atom. The highest BCUT2D eigenvalue weighted by molar-refractivity contribution is 6.35. The quantitative estimate of drug-likeness (QED) is 0.625. The first-order valence-corrected chi connectivity index (χ1v) is 9.34. The van der Waals surface area contributed by atoms with Crippen LogP contribution in [-0.2, 0) is 9.53 Å². The van der Waals surface area contributed by atoms with Crippen molar-refractivity contribution in [3.8, 4) is 0 Å². The molecule has 2 bridgehead atoms. The standard InChI is InChI=1S/C18H27BFN3O3/c1-5-26-17(25)15(20)23-16(24)14(19)13(8-21-23)22-12-7-10-6-11(9(12)2)18(10,3)4/h8-12,15,22H,5-7,19H2,1-4H3/t9-,10+,11-,12-,15?/m1/s1. The number of nitrogens with zero attached hydrogens (tertiary/aromatic N) is 2. The predicted octanol–water partition coefficient (Wildman–Crippen LogP) is 1.02. The molecule has 3 aliphatic carbocycles. The molecule has 3 aliphatic rings. The maximum Gasteiger partial charge on any atom is 0.363 e. The van der Waals surface area contributed by atoms with Crippen LogP contribution in [0.25, 0.3) is 0 Å². The van der Waals surface area contributed by atoms with Crippen molar-refractivity contribution >= 4 is 25.0 Å². The lowest BCUT2D eigenvalue weighted by Crippen LogP contribution is -2.58. The van der Waals surface area contributed by atoms with E-state index < -0.39 is 17.8 Å². The largest absolute Gasteiger partial charge is 0.462 e. The lowest BCUT2D eigenvalue weighted by atomic mass is 9.44. The van der Waals surface area contributed by atoms with Gasteiger partial charge in [0.05, 0.1) is 18.5 Å². The molecule has 0 saturated heterocycles. The summed E-state index contributed by atoms with van der Waals surface area (Å²) in [6.45, 7) is 8.55. The fourth-order valence-electron chi connectivity index (χ4n) is 4.71. The molecule has 5 atom stereocenters. The average molecular weight is 363 g/mol. The third-order valence-electron chi connectivity index (χ3n) is 6.63. The monoisotopic (exact) mass is 363 g/mol. The molecule has 6 nitrogen and oxygen atoms in total. The number of ether oxygens (including phenoxy) is 1. The number of esters is 1. The number of hydrogen-bond acceptors (Lipinski definition) is 5. The minimum atomic E-state index is -2.22. The van der Waals surface area contributed by atoms with Gasteiger partial charge in [0.2, 0.25) is 0 Å². The number of aromatic nitrogens is 2. The number of hydrogen-bond donors (Lipinski definition) is 1. The summed E-state index contributed by atoms with van der Waals surface area (Å²) in [6, 6.07) is 0.272. The number of halogens is 1. The fraction of sp³-hybridized carbons (Fsp3) is 0.722. The number of carbonyl (C=O) groups is 1. The molecule has 1 aromatic rings.